The van der Waals surface area contributed by atoms with Crippen molar-refractivity contribution in [1.29, 1.82) is 0 Å². The van der Waals surface area contributed by atoms with Crippen LogP contribution in [0.2, 0.25) is 0 Å². The van der Waals surface area contributed by atoms with E-state index in [2.05, 4.69) is 11.9 Å². The number of nitrogens with zero attached hydrogens (tertiary/aromatic N) is 2. The molecule has 1 aliphatic heterocycles. The molecule has 1 atom stereocenters. The molecule has 4 nitrogen and oxygen atoms in total. The molecule has 0 saturated carbocycles. The van der Waals surface area contributed by atoms with Crippen molar-refractivity contribution in [1.82, 2.24) is 9.80 Å². The van der Waals surface area contributed by atoms with Crippen LogP contribution in [0, 0.1) is 5.82 Å². The molecule has 0 N–H and O–H groups in total. The minimum Gasteiger partial charge on any atom is -0.497 e. The summed E-state index contributed by atoms with van der Waals surface area (Å²) in [4.78, 5) is 17.7. The molecule has 2 aromatic carbocycles. The number of likely N-dealkylation sites (tertiary alicyclic amines) is 1. The van der Waals surface area contributed by atoms with E-state index in [-0.39, 0.29) is 23.8 Å². The summed E-state index contributed by atoms with van der Waals surface area (Å²) in [6.07, 6.45) is 2.26. The molecular weight excluding hydrogens is 355 g/mol. The SMILES string of the molecule is COc1ccc(CC(=O)N(C2CCN(C)CC2)C(C)c2ccc(F)cc2)cc1. The monoisotopic (exact) mass is 384 g/mol. The first-order chi connectivity index (χ1) is 13.5. The lowest BCUT2D eigenvalue weighted by Crippen LogP contribution is -2.48. The predicted octanol–water partition coefficient (Wildman–Crippen LogP) is 4.06. The van der Waals surface area contributed by atoms with Crippen molar-refractivity contribution in [3.8, 4) is 5.75 Å². The predicted molar refractivity (Wildman–Crippen MR) is 109 cm³/mol. The van der Waals surface area contributed by atoms with E-state index >= 15 is 0 Å². The number of carbonyl (C=O) groups excluding carboxylic acids is 1. The highest BCUT2D eigenvalue weighted by molar-refractivity contribution is 5.79. The minimum absolute atomic E-state index is 0.0974. The third-order valence-corrected chi connectivity index (χ3v) is 5.65. The van der Waals surface area contributed by atoms with Crippen molar-refractivity contribution < 1.29 is 13.9 Å². The first-order valence-electron chi connectivity index (χ1n) is 9.86. The number of methoxy groups -OCH3 is 1. The Morgan fingerprint density at radius 3 is 2.32 bits per heavy atom. The lowest BCUT2D eigenvalue weighted by molar-refractivity contribution is -0.136. The third kappa shape index (κ3) is 4.90. The molecule has 1 heterocycles. The van der Waals surface area contributed by atoms with Crippen molar-refractivity contribution in [2.45, 2.75) is 38.3 Å². The maximum Gasteiger partial charge on any atom is 0.227 e. The Labute approximate surface area is 166 Å². The summed E-state index contributed by atoms with van der Waals surface area (Å²) in [7, 11) is 3.75. The van der Waals surface area contributed by atoms with Crippen LogP contribution in [0.1, 0.15) is 36.9 Å². The summed E-state index contributed by atoms with van der Waals surface area (Å²) in [5.41, 5.74) is 1.93. The Bertz CT molecular complexity index is 768. The largest absolute Gasteiger partial charge is 0.497 e. The number of carbonyl (C=O) groups is 1. The molecule has 0 aromatic heterocycles. The lowest BCUT2D eigenvalue weighted by atomic mass is 9.97. The molecule has 0 aliphatic carbocycles. The van der Waals surface area contributed by atoms with Gasteiger partial charge in [-0.15, -0.1) is 0 Å². The zero-order valence-corrected chi connectivity index (χ0v) is 16.9. The van der Waals surface area contributed by atoms with E-state index in [9.17, 15) is 9.18 Å². The van der Waals surface area contributed by atoms with Gasteiger partial charge in [-0.1, -0.05) is 24.3 Å². The van der Waals surface area contributed by atoms with Gasteiger partial charge in [-0.25, -0.2) is 4.39 Å². The summed E-state index contributed by atoms with van der Waals surface area (Å²) < 4.78 is 18.6. The van der Waals surface area contributed by atoms with Crippen molar-refractivity contribution in [3.05, 3.63) is 65.5 Å². The molecule has 3 rings (SSSR count). The number of hydrogen-bond donors (Lipinski definition) is 0. The highest BCUT2D eigenvalue weighted by atomic mass is 19.1. The smallest absolute Gasteiger partial charge is 0.227 e. The molecular formula is C23H29FN2O2. The highest BCUT2D eigenvalue weighted by Gasteiger charge is 2.31. The molecule has 28 heavy (non-hydrogen) atoms. The summed E-state index contributed by atoms with van der Waals surface area (Å²) in [6, 6.07) is 14.2. The average molecular weight is 384 g/mol. The van der Waals surface area contributed by atoms with Crippen LogP contribution >= 0.6 is 0 Å². The quantitative estimate of drug-likeness (QED) is 0.753. The number of piperidine rings is 1. The fourth-order valence-electron chi connectivity index (χ4n) is 3.92. The Morgan fingerprint density at radius 2 is 1.75 bits per heavy atom. The summed E-state index contributed by atoms with van der Waals surface area (Å²) in [5.74, 6) is 0.631. The first-order valence-corrected chi connectivity index (χ1v) is 9.86. The second-order valence-electron chi connectivity index (χ2n) is 7.59. The number of rotatable bonds is 6. The van der Waals surface area contributed by atoms with Crippen LogP contribution in [-0.4, -0.2) is 49.0 Å². The summed E-state index contributed by atoms with van der Waals surface area (Å²) in [6.45, 7) is 4.00. The van der Waals surface area contributed by atoms with E-state index in [1.807, 2.05) is 36.1 Å². The number of benzene rings is 2. The fraction of sp³-hybridized carbons (Fsp3) is 0.435. The molecule has 1 unspecified atom stereocenters. The Hall–Kier alpha value is -2.40. The van der Waals surface area contributed by atoms with Gasteiger partial charge >= 0.3 is 0 Å². The van der Waals surface area contributed by atoms with Crippen molar-refractivity contribution in [2.24, 2.45) is 0 Å². The van der Waals surface area contributed by atoms with E-state index in [0.29, 0.717) is 6.42 Å². The molecule has 1 fully saturated rings. The van der Waals surface area contributed by atoms with Crippen molar-refractivity contribution >= 4 is 5.91 Å². The van der Waals surface area contributed by atoms with Crippen LogP contribution < -0.4 is 4.74 Å². The van der Waals surface area contributed by atoms with Gasteiger partial charge in [0.05, 0.1) is 19.6 Å². The highest BCUT2D eigenvalue weighted by Crippen LogP contribution is 2.28. The molecule has 1 amide bonds. The average Bonchev–Trinajstić information content (AvgIpc) is 2.70. The number of hydrogen-bond acceptors (Lipinski definition) is 3. The maximum absolute atomic E-state index is 13.4. The molecule has 0 radical (unpaired) electrons. The number of halogens is 1. The Morgan fingerprint density at radius 1 is 1.14 bits per heavy atom. The molecule has 0 spiro atoms. The molecule has 0 bridgehead atoms. The van der Waals surface area contributed by atoms with E-state index in [1.165, 1.54) is 12.1 Å². The maximum atomic E-state index is 13.4. The van der Waals surface area contributed by atoms with Crippen molar-refractivity contribution in [3.63, 3.8) is 0 Å². The van der Waals surface area contributed by atoms with Crippen LogP contribution in [0.25, 0.3) is 0 Å². The van der Waals surface area contributed by atoms with Gasteiger partial charge in [-0.2, -0.15) is 0 Å². The zero-order valence-electron chi connectivity index (χ0n) is 16.9. The number of amides is 1. The van der Waals surface area contributed by atoms with E-state index in [1.54, 1.807) is 19.2 Å². The molecule has 1 saturated heterocycles. The van der Waals surface area contributed by atoms with E-state index < -0.39 is 0 Å². The fourth-order valence-corrected chi connectivity index (χ4v) is 3.92. The van der Waals surface area contributed by atoms with Gasteiger partial charge in [0.15, 0.2) is 0 Å². The molecule has 5 heteroatoms. The second-order valence-corrected chi connectivity index (χ2v) is 7.59. The van der Waals surface area contributed by atoms with Crippen LogP contribution in [0.5, 0.6) is 5.75 Å². The summed E-state index contributed by atoms with van der Waals surface area (Å²) in [5, 5.41) is 0. The van der Waals surface area contributed by atoms with Gasteiger partial charge in [0.25, 0.3) is 0 Å². The van der Waals surface area contributed by atoms with Crippen molar-refractivity contribution in [2.75, 3.05) is 27.2 Å². The van der Waals surface area contributed by atoms with Gasteiger partial charge in [-0.3, -0.25) is 4.79 Å². The van der Waals surface area contributed by atoms with Crippen LogP contribution in [-0.2, 0) is 11.2 Å². The topological polar surface area (TPSA) is 32.8 Å². The Balaban J connectivity index is 1.81. The van der Waals surface area contributed by atoms with Gasteiger partial charge in [0.2, 0.25) is 5.91 Å². The minimum atomic E-state index is -0.258. The van der Waals surface area contributed by atoms with Crippen LogP contribution in [0.15, 0.2) is 48.5 Å². The lowest BCUT2D eigenvalue weighted by Gasteiger charge is -2.41. The van der Waals surface area contributed by atoms with Crippen LogP contribution in [0.4, 0.5) is 4.39 Å². The van der Waals surface area contributed by atoms with Gasteiger partial charge < -0.3 is 14.5 Å². The second kappa shape index (κ2) is 9.20. The normalized spacial score (nSPS) is 16.6. The van der Waals surface area contributed by atoms with E-state index in [0.717, 1.165) is 42.8 Å². The number of ether oxygens (including phenoxy) is 1. The molecule has 2 aromatic rings. The molecule has 150 valence electrons. The van der Waals surface area contributed by atoms with E-state index in [4.69, 9.17) is 4.74 Å². The van der Waals surface area contributed by atoms with Gasteiger partial charge in [0.1, 0.15) is 11.6 Å². The summed E-state index contributed by atoms with van der Waals surface area (Å²) >= 11 is 0. The van der Waals surface area contributed by atoms with Gasteiger partial charge in [-0.05, 0) is 75.3 Å². The Kier molecular flexibility index (Phi) is 6.68. The molecule has 1 aliphatic rings. The first kappa shape index (κ1) is 20.3. The standard InChI is InChI=1S/C23H29FN2O2/c1-17(19-6-8-20(24)9-7-19)26(21-12-14-25(2)15-13-21)23(27)16-18-4-10-22(28-3)11-5-18/h4-11,17,21H,12-16H2,1-3H3. The third-order valence-electron chi connectivity index (χ3n) is 5.65. The van der Waals surface area contributed by atoms with Gasteiger partial charge in [0, 0.05) is 6.04 Å². The van der Waals surface area contributed by atoms with Crippen LogP contribution in [0.3, 0.4) is 0 Å². The zero-order chi connectivity index (χ0) is 20.1.